The minimum absolute atomic E-state index is 0.00975. The Labute approximate surface area is 221 Å². The van der Waals surface area contributed by atoms with Crippen molar-refractivity contribution in [2.45, 2.75) is 31.9 Å². The Morgan fingerprint density at radius 2 is 2.08 bits per heavy atom. The Morgan fingerprint density at radius 3 is 2.89 bits per heavy atom. The first-order chi connectivity index (χ1) is 18.5. The molecule has 0 saturated carbocycles. The molecule has 1 fully saturated rings. The second-order valence-electron chi connectivity index (χ2n) is 9.97. The lowest BCUT2D eigenvalue weighted by Crippen LogP contribution is -2.45. The molecule has 1 atom stereocenters. The number of fused-ring (bicyclic) bond motifs is 2. The van der Waals surface area contributed by atoms with Crippen LogP contribution in [-0.4, -0.2) is 47.3 Å². The maximum atomic E-state index is 11.5. The number of hydrogen-bond acceptors (Lipinski definition) is 8. The molecule has 0 bridgehead atoms. The summed E-state index contributed by atoms with van der Waals surface area (Å²) in [6.07, 6.45) is 4.58. The maximum absolute atomic E-state index is 11.5. The van der Waals surface area contributed by atoms with Crippen molar-refractivity contribution >= 4 is 17.4 Å². The molecule has 3 heterocycles. The smallest absolute Gasteiger partial charge is 0.262 e. The summed E-state index contributed by atoms with van der Waals surface area (Å²) in [5.74, 6) is 7.56. The lowest BCUT2D eigenvalue weighted by Gasteiger charge is -2.42. The van der Waals surface area contributed by atoms with Crippen LogP contribution in [0.4, 0.5) is 11.5 Å². The van der Waals surface area contributed by atoms with Crippen LogP contribution >= 0.6 is 0 Å². The number of carbonyl (C=O) groups is 1. The number of hydrogen-bond donors (Lipinski definition) is 3. The number of nitrogens with zero attached hydrogens (tertiary/aromatic N) is 3. The van der Waals surface area contributed by atoms with Gasteiger partial charge >= 0.3 is 0 Å². The molecule has 1 spiro atoms. The van der Waals surface area contributed by atoms with Gasteiger partial charge in [-0.3, -0.25) is 4.79 Å². The van der Waals surface area contributed by atoms with Gasteiger partial charge in [-0.15, -0.1) is 0 Å². The lowest BCUT2D eigenvalue weighted by molar-refractivity contribution is -0.118. The van der Waals surface area contributed by atoms with Crippen LogP contribution in [0.1, 0.15) is 41.4 Å². The number of aliphatic hydroxyl groups excluding tert-OH is 1. The number of aliphatic hydroxyl groups is 1. The molecule has 1 aromatic heterocycles. The number of ether oxygens (including phenoxy) is 2. The van der Waals surface area contributed by atoms with Crippen molar-refractivity contribution in [2.24, 2.45) is 11.1 Å². The normalized spacial score (nSPS) is 19.1. The lowest BCUT2D eigenvalue weighted by atomic mass is 9.73. The molecular formula is C29H29N5O4. The number of nitrogens with two attached hydrogens (primary N) is 1. The zero-order chi connectivity index (χ0) is 26.1. The summed E-state index contributed by atoms with van der Waals surface area (Å²) in [4.78, 5) is 22.9. The number of anilines is 2. The van der Waals surface area contributed by atoms with Crippen molar-refractivity contribution < 1.29 is 19.4 Å². The van der Waals surface area contributed by atoms with E-state index in [2.05, 4.69) is 56.3 Å². The van der Waals surface area contributed by atoms with Crippen molar-refractivity contribution in [3.8, 4) is 23.3 Å². The third-order valence-corrected chi connectivity index (χ3v) is 7.73. The summed E-state index contributed by atoms with van der Waals surface area (Å²) in [5.41, 5.74) is 11.0. The van der Waals surface area contributed by atoms with Gasteiger partial charge in [0.25, 0.3) is 5.91 Å². The largest absolute Gasteiger partial charge is 0.482 e. The van der Waals surface area contributed by atoms with Gasteiger partial charge in [0.1, 0.15) is 29.5 Å². The van der Waals surface area contributed by atoms with Gasteiger partial charge in [-0.05, 0) is 53.9 Å². The highest BCUT2D eigenvalue weighted by atomic mass is 16.5. The van der Waals surface area contributed by atoms with E-state index in [1.54, 1.807) is 24.4 Å². The third-order valence-electron chi connectivity index (χ3n) is 7.73. The summed E-state index contributed by atoms with van der Waals surface area (Å²) in [6.45, 7) is 1.55. The molecule has 1 saturated heterocycles. The minimum Gasteiger partial charge on any atom is -0.482 e. The monoisotopic (exact) mass is 511 g/mol. The molecule has 1 unspecified atom stereocenters. The Kier molecular flexibility index (Phi) is 6.35. The van der Waals surface area contributed by atoms with E-state index < -0.39 is 0 Å². The number of piperidine rings is 1. The van der Waals surface area contributed by atoms with Crippen LogP contribution in [0.3, 0.4) is 0 Å². The zero-order valence-corrected chi connectivity index (χ0v) is 20.9. The van der Waals surface area contributed by atoms with Crippen LogP contribution in [0, 0.1) is 17.3 Å². The highest BCUT2D eigenvalue weighted by Crippen LogP contribution is 2.51. The van der Waals surface area contributed by atoms with Gasteiger partial charge < -0.3 is 30.5 Å². The molecule has 194 valence electrons. The molecule has 3 aromatic rings. The fraction of sp³-hybridized carbons (Fsp3) is 0.345. The van der Waals surface area contributed by atoms with Crippen molar-refractivity contribution in [1.29, 1.82) is 0 Å². The molecule has 9 nitrogen and oxygen atoms in total. The second-order valence-corrected chi connectivity index (χ2v) is 9.97. The summed E-state index contributed by atoms with van der Waals surface area (Å²) in [5, 5.41) is 12.8. The predicted octanol–water partition coefficient (Wildman–Crippen LogP) is 2.57. The first-order valence-electron chi connectivity index (χ1n) is 12.8. The molecule has 9 heteroatoms. The predicted molar refractivity (Wildman–Crippen MR) is 142 cm³/mol. The summed E-state index contributed by atoms with van der Waals surface area (Å²) in [7, 11) is 0. The van der Waals surface area contributed by atoms with Gasteiger partial charge in [0, 0.05) is 25.2 Å². The van der Waals surface area contributed by atoms with Gasteiger partial charge in [-0.25, -0.2) is 9.97 Å². The quantitative estimate of drug-likeness (QED) is 0.457. The minimum atomic E-state index is -0.218. The van der Waals surface area contributed by atoms with Gasteiger partial charge in [0.05, 0.1) is 18.5 Å². The first kappa shape index (κ1) is 24.2. The molecule has 6 rings (SSSR count). The summed E-state index contributed by atoms with van der Waals surface area (Å²) in [6, 6.07) is 13.8. The zero-order valence-electron chi connectivity index (χ0n) is 20.9. The number of rotatable bonds is 4. The highest BCUT2D eigenvalue weighted by Gasteiger charge is 2.46. The average molecular weight is 512 g/mol. The second kappa shape index (κ2) is 9.97. The molecule has 4 N–H and O–H groups in total. The van der Waals surface area contributed by atoms with E-state index in [0.717, 1.165) is 32.4 Å². The van der Waals surface area contributed by atoms with E-state index in [4.69, 9.17) is 15.2 Å². The van der Waals surface area contributed by atoms with Crippen molar-refractivity contribution in [3.05, 3.63) is 71.2 Å². The van der Waals surface area contributed by atoms with Gasteiger partial charge in [0.15, 0.2) is 12.4 Å². The fourth-order valence-corrected chi connectivity index (χ4v) is 5.72. The topological polar surface area (TPSA) is 123 Å². The van der Waals surface area contributed by atoms with Crippen molar-refractivity contribution in [2.75, 3.05) is 36.5 Å². The Balaban J connectivity index is 1.08. The van der Waals surface area contributed by atoms with E-state index in [-0.39, 0.29) is 37.2 Å². The fourth-order valence-electron chi connectivity index (χ4n) is 5.72. The van der Waals surface area contributed by atoms with E-state index in [9.17, 15) is 9.90 Å². The van der Waals surface area contributed by atoms with Gasteiger partial charge in [0.2, 0.25) is 0 Å². The van der Waals surface area contributed by atoms with Gasteiger partial charge in [-0.1, -0.05) is 30.2 Å². The number of aromatic nitrogens is 2. The number of amides is 1. The molecule has 0 radical (unpaired) electrons. The van der Waals surface area contributed by atoms with E-state index in [1.165, 1.54) is 11.1 Å². The van der Waals surface area contributed by atoms with Crippen LogP contribution in [-0.2, 0) is 17.8 Å². The standard InChI is InChI=1S/C29H29N5O4/c30-27-22-6-2-1-4-19(22)15-29(27)9-11-34(12-10-29)28-24(17-35)32-20(16-31-28)5-3-13-37-21-7-8-25-23(14-21)33-26(36)18-38-25/h1-2,4,6-8,14,16,27,35H,9-13,15,17-18,30H2,(H,33,36). The van der Waals surface area contributed by atoms with Crippen LogP contribution in [0.15, 0.2) is 48.7 Å². The molecule has 3 aliphatic rings. The summed E-state index contributed by atoms with van der Waals surface area (Å²) >= 11 is 0. The van der Waals surface area contributed by atoms with Crippen molar-refractivity contribution in [1.82, 2.24) is 9.97 Å². The SMILES string of the molecule is NC1c2ccccc2CC12CCN(c1ncc(C#CCOc3ccc4c(c3)NC(=O)CO4)nc1CO)CC2. The first-order valence-corrected chi connectivity index (χ1v) is 12.8. The highest BCUT2D eigenvalue weighted by molar-refractivity contribution is 5.95. The van der Waals surface area contributed by atoms with Crippen LogP contribution in [0.2, 0.25) is 0 Å². The van der Waals surface area contributed by atoms with Crippen molar-refractivity contribution in [3.63, 3.8) is 0 Å². The Morgan fingerprint density at radius 1 is 1.24 bits per heavy atom. The number of nitrogens with one attached hydrogen (secondary N) is 1. The molecule has 1 aliphatic carbocycles. The molecule has 2 aromatic carbocycles. The van der Waals surface area contributed by atoms with Gasteiger partial charge in [-0.2, -0.15) is 0 Å². The Bertz CT molecular complexity index is 1440. The summed E-state index contributed by atoms with van der Waals surface area (Å²) < 4.78 is 11.0. The molecule has 1 amide bonds. The molecule has 2 aliphatic heterocycles. The molecule has 38 heavy (non-hydrogen) atoms. The third kappa shape index (κ3) is 4.53. The number of carbonyl (C=O) groups excluding carboxylic acids is 1. The Hall–Kier alpha value is -4.13. The van der Waals surface area contributed by atoms with Crippen LogP contribution < -0.4 is 25.4 Å². The maximum Gasteiger partial charge on any atom is 0.262 e. The van der Waals surface area contributed by atoms with E-state index >= 15 is 0 Å². The van der Waals surface area contributed by atoms with Crippen LogP contribution in [0.25, 0.3) is 0 Å². The van der Waals surface area contributed by atoms with E-state index in [1.807, 2.05) is 0 Å². The molecular weight excluding hydrogens is 482 g/mol. The average Bonchev–Trinajstić information content (AvgIpc) is 3.22. The van der Waals surface area contributed by atoms with E-state index in [0.29, 0.717) is 34.4 Å². The number of benzene rings is 2. The van der Waals surface area contributed by atoms with Crippen LogP contribution in [0.5, 0.6) is 11.5 Å².